The Balaban J connectivity index is 2.56. The van der Waals surface area contributed by atoms with E-state index in [2.05, 4.69) is 5.10 Å². The number of carbonyl (C=O) groups is 1. The number of aryl methyl sites for hydroxylation is 2. The van der Waals surface area contributed by atoms with Gasteiger partial charge >= 0.3 is 0 Å². The molecule has 0 bridgehead atoms. The highest BCUT2D eigenvalue weighted by molar-refractivity contribution is 6.31. The van der Waals surface area contributed by atoms with Crippen LogP contribution in [0.2, 0.25) is 5.02 Å². The van der Waals surface area contributed by atoms with E-state index < -0.39 is 10.7 Å². The van der Waals surface area contributed by atoms with E-state index in [1.165, 1.54) is 29.1 Å². The predicted molar refractivity (Wildman–Crippen MR) is 69.5 cm³/mol. The molecule has 98 valence electrons. The molecule has 1 heterocycles. The van der Waals surface area contributed by atoms with E-state index in [-0.39, 0.29) is 16.3 Å². The molecule has 7 heteroatoms. The first kappa shape index (κ1) is 13.2. The van der Waals surface area contributed by atoms with Gasteiger partial charge in [0, 0.05) is 24.3 Å². The molecule has 0 fully saturated rings. The number of aromatic nitrogens is 2. The first-order valence-electron chi connectivity index (χ1n) is 5.39. The minimum Gasteiger partial charge on any atom is -0.288 e. The summed E-state index contributed by atoms with van der Waals surface area (Å²) in [7, 11) is 1.68. The van der Waals surface area contributed by atoms with Gasteiger partial charge in [0.05, 0.1) is 16.2 Å². The minimum absolute atomic E-state index is 0.00509. The van der Waals surface area contributed by atoms with Crippen molar-refractivity contribution in [2.24, 2.45) is 7.05 Å². The van der Waals surface area contributed by atoms with Gasteiger partial charge in [-0.05, 0) is 19.1 Å². The third-order valence-electron chi connectivity index (χ3n) is 2.66. The quantitative estimate of drug-likeness (QED) is 0.491. The lowest BCUT2D eigenvalue weighted by Crippen LogP contribution is -2.06. The lowest BCUT2D eigenvalue weighted by Gasteiger charge is -2.02. The van der Waals surface area contributed by atoms with Gasteiger partial charge in [-0.15, -0.1) is 0 Å². The van der Waals surface area contributed by atoms with Crippen molar-refractivity contribution in [2.75, 3.05) is 0 Å². The molecule has 0 unspecified atom stereocenters. The van der Waals surface area contributed by atoms with Gasteiger partial charge in [0.2, 0.25) is 5.78 Å². The molecule has 0 aliphatic rings. The van der Waals surface area contributed by atoms with Crippen LogP contribution >= 0.6 is 11.6 Å². The van der Waals surface area contributed by atoms with Gasteiger partial charge in [-0.25, -0.2) is 0 Å². The van der Waals surface area contributed by atoms with Crippen molar-refractivity contribution in [3.05, 3.63) is 56.4 Å². The molecule has 1 aromatic carbocycles. The maximum Gasteiger partial charge on any atom is 0.282 e. The molecule has 6 nitrogen and oxygen atoms in total. The van der Waals surface area contributed by atoms with Crippen LogP contribution in [0.15, 0.2) is 24.4 Å². The zero-order chi connectivity index (χ0) is 14.2. The molecule has 19 heavy (non-hydrogen) atoms. The Morgan fingerprint density at radius 1 is 1.42 bits per heavy atom. The summed E-state index contributed by atoms with van der Waals surface area (Å²) in [4.78, 5) is 22.7. The maximum atomic E-state index is 12.3. The first-order chi connectivity index (χ1) is 8.90. The van der Waals surface area contributed by atoms with E-state index in [4.69, 9.17) is 11.6 Å². The second kappa shape index (κ2) is 4.81. The highest BCUT2D eigenvalue weighted by atomic mass is 35.5. The van der Waals surface area contributed by atoms with Gasteiger partial charge in [-0.3, -0.25) is 19.6 Å². The highest BCUT2D eigenvalue weighted by Crippen LogP contribution is 2.26. The van der Waals surface area contributed by atoms with Crippen molar-refractivity contribution in [1.29, 1.82) is 0 Å². The summed E-state index contributed by atoms with van der Waals surface area (Å²) in [5.41, 5.74) is 0.566. The molecule has 0 saturated heterocycles. The molecule has 2 aromatic rings. The Morgan fingerprint density at radius 3 is 2.63 bits per heavy atom. The van der Waals surface area contributed by atoms with Crippen molar-refractivity contribution in [1.82, 2.24) is 9.78 Å². The Bertz CT molecular complexity index is 679. The summed E-state index contributed by atoms with van der Waals surface area (Å²) in [6.45, 7) is 1.68. The van der Waals surface area contributed by atoms with Gasteiger partial charge in [0.1, 0.15) is 5.56 Å². The second-order valence-electron chi connectivity index (χ2n) is 4.05. The molecule has 2 rings (SSSR count). The number of carbonyl (C=O) groups excluding carboxylic acids is 1. The molecule has 0 amide bonds. The van der Waals surface area contributed by atoms with Gasteiger partial charge in [0.25, 0.3) is 5.69 Å². The predicted octanol–water partition coefficient (Wildman–Crippen LogP) is 2.52. The number of hydrogen-bond donors (Lipinski definition) is 0. The fraction of sp³-hybridized carbons (Fsp3) is 0.167. The van der Waals surface area contributed by atoms with Gasteiger partial charge in [0.15, 0.2) is 0 Å². The molecular weight excluding hydrogens is 270 g/mol. The van der Waals surface area contributed by atoms with Crippen molar-refractivity contribution in [3.8, 4) is 0 Å². The van der Waals surface area contributed by atoms with Crippen LogP contribution in [0.25, 0.3) is 0 Å². The van der Waals surface area contributed by atoms with Crippen molar-refractivity contribution >= 4 is 23.1 Å². The summed E-state index contributed by atoms with van der Waals surface area (Å²) in [6.07, 6.45) is 1.54. The summed E-state index contributed by atoms with van der Waals surface area (Å²) in [6, 6.07) is 3.98. The van der Waals surface area contributed by atoms with Crippen LogP contribution in [0.4, 0.5) is 5.69 Å². The summed E-state index contributed by atoms with van der Waals surface area (Å²) in [5.74, 6) is -0.436. The third kappa shape index (κ3) is 2.48. The number of hydrogen-bond acceptors (Lipinski definition) is 4. The summed E-state index contributed by atoms with van der Waals surface area (Å²) >= 11 is 5.71. The van der Waals surface area contributed by atoms with Crippen LogP contribution in [0.1, 0.15) is 21.6 Å². The SMILES string of the molecule is Cc1nn(C)cc1C(=O)c1ccc(Cl)cc1[N+](=O)[O-]. The van der Waals surface area contributed by atoms with E-state index in [0.29, 0.717) is 11.3 Å². The van der Waals surface area contributed by atoms with Crippen LogP contribution in [0, 0.1) is 17.0 Å². The Morgan fingerprint density at radius 2 is 2.11 bits per heavy atom. The molecule has 0 radical (unpaired) electrons. The van der Waals surface area contributed by atoms with Crippen LogP contribution in [0.5, 0.6) is 0 Å². The smallest absolute Gasteiger partial charge is 0.282 e. The van der Waals surface area contributed by atoms with Crippen LogP contribution < -0.4 is 0 Å². The number of nitrogens with zero attached hydrogens (tertiary/aromatic N) is 3. The Hall–Kier alpha value is -2.21. The average molecular weight is 280 g/mol. The van der Waals surface area contributed by atoms with E-state index in [0.717, 1.165) is 0 Å². The second-order valence-corrected chi connectivity index (χ2v) is 4.49. The van der Waals surface area contributed by atoms with Gasteiger partial charge in [-0.2, -0.15) is 5.10 Å². The largest absolute Gasteiger partial charge is 0.288 e. The number of halogens is 1. The number of benzene rings is 1. The fourth-order valence-electron chi connectivity index (χ4n) is 1.82. The first-order valence-corrected chi connectivity index (χ1v) is 5.77. The number of rotatable bonds is 3. The van der Waals surface area contributed by atoms with E-state index in [9.17, 15) is 14.9 Å². The molecule has 1 aromatic heterocycles. The topological polar surface area (TPSA) is 78.0 Å². The number of ketones is 1. The maximum absolute atomic E-state index is 12.3. The van der Waals surface area contributed by atoms with Gasteiger partial charge < -0.3 is 0 Å². The molecule has 0 aliphatic heterocycles. The number of nitro groups is 1. The van der Waals surface area contributed by atoms with Gasteiger partial charge in [-0.1, -0.05) is 11.6 Å². The highest BCUT2D eigenvalue weighted by Gasteiger charge is 2.24. The van der Waals surface area contributed by atoms with Crippen molar-refractivity contribution < 1.29 is 9.72 Å². The summed E-state index contributed by atoms with van der Waals surface area (Å²) in [5, 5.41) is 15.2. The van der Waals surface area contributed by atoms with Crippen LogP contribution in [0.3, 0.4) is 0 Å². The third-order valence-corrected chi connectivity index (χ3v) is 2.89. The van der Waals surface area contributed by atoms with E-state index in [1.807, 2.05) is 0 Å². The summed E-state index contributed by atoms with van der Waals surface area (Å²) < 4.78 is 1.49. The van der Waals surface area contributed by atoms with Crippen molar-refractivity contribution in [3.63, 3.8) is 0 Å². The zero-order valence-electron chi connectivity index (χ0n) is 10.3. The Labute approximate surface area is 113 Å². The molecule has 0 saturated carbocycles. The normalized spacial score (nSPS) is 10.5. The zero-order valence-corrected chi connectivity index (χ0v) is 11.0. The Kier molecular flexibility index (Phi) is 3.35. The van der Waals surface area contributed by atoms with Crippen molar-refractivity contribution in [2.45, 2.75) is 6.92 Å². The fourth-order valence-corrected chi connectivity index (χ4v) is 1.98. The lowest BCUT2D eigenvalue weighted by atomic mass is 10.0. The monoisotopic (exact) mass is 279 g/mol. The molecule has 0 spiro atoms. The number of nitro benzene ring substituents is 1. The lowest BCUT2D eigenvalue weighted by molar-refractivity contribution is -0.385. The molecule has 0 N–H and O–H groups in total. The molecular formula is C12H10ClN3O3. The van der Waals surface area contributed by atoms with Crippen LogP contribution in [-0.2, 0) is 7.05 Å². The van der Waals surface area contributed by atoms with E-state index in [1.54, 1.807) is 14.0 Å². The van der Waals surface area contributed by atoms with E-state index >= 15 is 0 Å². The minimum atomic E-state index is -0.620. The average Bonchev–Trinajstić information content (AvgIpc) is 2.67. The molecule has 0 aliphatic carbocycles. The van der Waals surface area contributed by atoms with Crippen LogP contribution in [-0.4, -0.2) is 20.5 Å². The molecule has 0 atom stereocenters. The standard InChI is InChI=1S/C12H10ClN3O3/c1-7-10(6-15(2)14-7)12(17)9-4-3-8(13)5-11(9)16(18)19/h3-6H,1-2H3.